The summed E-state index contributed by atoms with van der Waals surface area (Å²) in [7, 11) is 0. The first-order valence-electron chi connectivity index (χ1n) is 7.21. The summed E-state index contributed by atoms with van der Waals surface area (Å²) in [6, 6.07) is 8.06. The van der Waals surface area contributed by atoms with E-state index in [1.54, 1.807) is 18.2 Å². The molecule has 0 aliphatic rings. The molecule has 1 aromatic carbocycles. The number of carbonyl (C=O) groups excluding carboxylic acids is 2. The third kappa shape index (κ3) is 19.6. The summed E-state index contributed by atoms with van der Waals surface area (Å²) in [5.41, 5.74) is -2.52. The first kappa shape index (κ1) is 35.0. The Kier molecular flexibility index (Phi) is 22.4. The summed E-state index contributed by atoms with van der Waals surface area (Å²) >= 11 is 0. The predicted molar refractivity (Wildman–Crippen MR) is 83.2 cm³/mol. The summed E-state index contributed by atoms with van der Waals surface area (Å²) in [6.45, 7) is 1.54. The zero-order chi connectivity index (χ0) is 21.6. The fraction of sp³-hybridized carbons (Fsp3) is 0.312. The van der Waals surface area contributed by atoms with Crippen LogP contribution in [0.2, 0.25) is 0 Å². The van der Waals surface area contributed by atoms with Crippen LogP contribution in [0, 0.1) is 0 Å². The van der Waals surface area contributed by atoms with Gasteiger partial charge in [0.2, 0.25) is 0 Å². The molecule has 0 saturated heterocycles. The van der Waals surface area contributed by atoms with E-state index in [1.807, 2.05) is 0 Å². The standard InChI is InChI=1S/C7H6O2.C6H8O7.C3H6O2.2Na/c8-7(9)6-4-2-1-3-5-6;7-3(8)1-6(13,5(11)12)2-4(9)10;1-2-3(4)5;;/h1-5H,(H,8,9);13H,1-2H2,(H,7,8)(H,9,10)(H,11,12);2H2,1H3,(H,4,5);;/q;;;2*+1/p-2. The van der Waals surface area contributed by atoms with Gasteiger partial charge in [0.25, 0.3) is 0 Å². The van der Waals surface area contributed by atoms with Crippen LogP contribution in [0.15, 0.2) is 30.3 Å². The zero-order valence-electron chi connectivity index (χ0n) is 16.2. The Bertz CT molecular complexity index is 646. The van der Waals surface area contributed by atoms with Gasteiger partial charge in [-0.25, -0.2) is 4.79 Å². The largest absolute Gasteiger partial charge is 1.00 e. The fourth-order valence-electron chi connectivity index (χ4n) is 1.29. The maximum absolute atomic E-state index is 10.3. The monoisotopic (exact) mass is 432 g/mol. The average molecular weight is 432 g/mol. The maximum atomic E-state index is 10.3. The Balaban J connectivity index is -0.000000171. The van der Waals surface area contributed by atoms with E-state index in [0.717, 1.165) is 0 Å². The molecule has 0 fully saturated rings. The number of carboxylic acid groups (broad SMARTS) is 5. The van der Waals surface area contributed by atoms with Gasteiger partial charge in [0.05, 0.1) is 18.8 Å². The summed E-state index contributed by atoms with van der Waals surface area (Å²) in [4.78, 5) is 49.8. The molecule has 0 aliphatic carbocycles. The van der Waals surface area contributed by atoms with Gasteiger partial charge in [-0.1, -0.05) is 37.3 Å². The van der Waals surface area contributed by atoms with Gasteiger partial charge in [0, 0.05) is 5.97 Å². The number of benzene rings is 1. The van der Waals surface area contributed by atoms with Gasteiger partial charge in [0.15, 0.2) is 5.60 Å². The van der Waals surface area contributed by atoms with E-state index in [2.05, 4.69) is 0 Å². The minimum atomic E-state index is -2.74. The molecule has 0 aliphatic heterocycles. The van der Waals surface area contributed by atoms with Crippen molar-refractivity contribution in [3.05, 3.63) is 35.9 Å². The first-order chi connectivity index (χ1) is 12.4. The second kappa shape index (κ2) is 18.6. The van der Waals surface area contributed by atoms with Crippen molar-refractivity contribution in [2.75, 3.05) is 0 Å². The Hall–Kier alpha value is -1.47. The molecule has 150 valence electrons. The summed E-state index contributed by atoms with van der Waals surface area (Å²) in [6.07, 6.45) is -2.18. The number of hydrogen-bond donors (Lipinski definition) is 4. The van der Waals surface area contributed by atoms with Gasteiger partial charge < -0.3 is 40.2 Å². The molecule has 0 bridgehead atoms. The van der Waals surface area contributed by atoms with E-state index in [4.69, 9.17) is 20.4 Å². The van der Waals surface area contributed by atoms with Gasteiger partial charge in [-0.15, -0.1) is 0 Å². The maximum Gasteiger partial charge on any atom is 1.00 e. The number of carboxylic acids is 5. The molecule has 29 heavy (non-hydrogen) atoms. The molecule has 0 aromatic heterocycles. The van der Waals surface area contributed by atoms with E-state index in [9.17, 15) is 34.2 Å². The molecule has 0 unspecified atom stereocenters. The van der Waals surface area contributed by atoms with Crippen LogP contribution in [-0.2, 0) is 19.2 Å². The van der Waals surface area contributed by atoms with Crippen molar-refractivity contribution >= 4 is 29.8 Å². The van der Waals surface area contributed by atoms with Crippen LogP contribution in [0.3, 0.4) is 0 Å². The first-order valence-corrected chi connectivity index (χ1v) is 7.21. The van der Waals surface area contributed by atoms with Crippen molar-refractivity contribution in [3.8, 4) is 0 Å². The Labute approximate surface area is 209 Å². The molecule has 13 heteroatoms. The Morgan fingerprint density at radius 3 is 1.38 bits per heavy atom. The van der Waals surface area contributed by atoms with E-state index in [0.29, 0.717) is 0 Å². The molecular formula is C16H18Na2O11. The van der Waals surface area contributed by atoms with Crippen LogP contribution in [-0.4, -0.2) is 55.9 Å². The van der Waals surface area contributed by atoms with Crippen molar-refractivity contribution in [2.24, 2.45) is 0 Å². The second-order valence-electron chi connectivity index (χ2n) is 4.86. The average Bonchev–Trinajstić information content (AvgIpc) is 2.55. The molecule has 0 saturated carbocycles. The molecule has 0 spiro atoms. The zero-order valence-corrected chi connectivity index (χ0v) is 20.2. The predicted octanol–water partition coefficient (Wildman–Crippen LogP) is -8.04. The number of hydrogen-bond acceptors (Lipinski definition) is 8. The third-order valence-corrected chi connectivity index (χ3v) is 2.58. The quantitative estimate of drug-likeness (QED) is 0.297. The number of carbonyl (C=O) groups is 5. The molecule has 0 atom stereocenters. The molecule has 4 N–H and O–H groups in total. The van der Waals surface area contributed by atoms with E-state index >= 15 is 0 Å². The van der Waals surface area contributed by atoms with Crippen molar-refractivity contribution in [1.82, 2.24) is 0 Å². The van der Waals surface area contributed by atoms with Gasteiger partial charge in [-0.3, -0.25) is 9.59 Å². The van der Waals surface area contributed by atoms with Gasteiger partial charge in [-0.2, -0.15) is 0 Å². The van der Waals surface area contributed by atoms with Crippen LogP contribution in [0.1, 0.15) is 36.5 Å². The van der Waals surface area contributed by atoms with Crippen LogP contribution in [0.25, 0.3) is 0 Å². The van der Waals surface area contributed by atoms with E-state index in [1.165, 1.54) is 19.1 Å². The van der Waals surface area contributed by atoms with Crippen molar-refractivity contribution < 1.29 is 114 Å². The molecule has 1 rings (SSSR count). The van der Waals surface area contributed by atoms with Crippen LogP contribution >= 0.6 is 0 Å². The number of aliphatic carboxylic acids is 4. The van der Waals surface area contributed by atoms with Crippen molar-refractivity contribution in [2.45, 2.75) is 31.8 Å². The normalized spacial score (nSPS) is 8.90. The minimum Gasteiger partial charge on any atom is -0.550 e. The van der Waals surface area contributed by atoms with E-state index in [-0.39, 0.29) is 71.1 Å². The van der Waals surface area contributed by atoms with Gasteiger partial charge in [-0.05, 0) is 12.0 Å². The van der Waals surface area contributed by atoms with Crippen molar-refractivity contribution in [3.63, 3.8) is 0 Å². The summed E-state index contributed by atoms with van der Waals surface area (Å²) in [5.74, 6) is -7.14. The van der Waals surface area contributed by atoms with Crippen LogP contribution < -0.4 is 69.3 Å². The minimum absolute atomic E-state index is 0. The molecule has 11 nitrogen and oxygen atoms in total. The molecular weight excluding hydrogens is 414 g/mol. The van der Waals surface area contributed by atoms with Crippen LogP contribution in [0.5, 0.6) is 0 Å². The fourth-order valence-corrected chi connectivity index (χ4v) is 1.29. The number of aliphatic hydroxyl groups is 1. The number of aromatic carboxylic acids is 1. The van der Waals surface area contributed by atoms with Gasteiger partial charge >= 0.3 is 77.0 Å². The Morgan fingerprint density at radius 1 is 0.862 bits per heavy atom. The Morgan fingerprint density at radius 2 is 1.21 bits per heavy atom. The molecule has 0 amide bonds. The molecule has 1 aromatic rings. The smallest absolute Gasteiger partial charge is 0.550 e. The number of rotatable bonds is 7. The summed E-state index contributed by atoms with van der Waals surface area (Å²) in [5, 5.41) is 53.2. The van der Waals surface area contributed by atoms with Gasteiger partial charge in [0.1, 0.15) is 0 Å². The third-order valence-electron chi connectivity index (χ3n) is 2.58. The van der Waals surface area contributed by atoms with E-state index < -0.39 is 48.3 Å². The van der Waals surface area contributed by atoms with Crippen molar-refractivity contribution in [1.29, 1.82) is 0 Å². The molecule has 0 heterocycles. The SMILES string of the molecule is CCC(=O)[O-].O=C(O)CC(O)(CC(=O)O)C(=O)O.O=C([O-])c1ccccc1.[Na+].[Na+]. The van der Waals surface area contributed by atoms with Crippen LogP contribution in [0.4, 0.5) is 0 Å². The molecule has 0 radical (unpaired) electrons. The second-order valence-corrected chi connectivity index (χ2v) is 4.86. The topological polar surface area (TPSA) is 212 Å². The summed E-state index contributed by atoms with van der Waals surface area (Å²) < 4.78 is 0.